The van der Waals surface area contributed by atoms with Crippen LogP contribution in [-0.2, 0) is 0 Å². The molecule has 1 saturated heterocycles. The summed E-state index contributed by atoms with van der Waals surface area (Å²) in [6.45, 7) is 5.00. The van der Waals surface area contributed by atoms with E-state index in [1.54, 1.807) is 0 Å². The Morgan fingerprint density at radius 1 is 1.33 bits per heavy atom. The lowest BCUT2D eigenvalue weighted by atomic mass is 10.0. The van der Waals surface area contributed by atoms with Crippen molar-refractivity contribution >= 4 is 15.9 Å². The number of nitrogens with zero attached hydrogens (tertiary/aromatic N) is 1. The van der Waals surface area contributed by atoms with Gasteiger partial charge in [0, 0.05) is 24.1 Å². The van der Waals surface area contributed by atoms with Gasteiger partial charge in [-0.25, -0.2) is 10.4 Å². The molecule has 1 fully saturated rings. The van der Waals surface area contributed by atoms with Crippen LogP contribution in [0.25, 0.3) is 0 Å². The minimum Gasteiger partial charge on any atom is -0.329 e. The second-order valence-electron chi connectivity index (χ2n) is 4.97. The van der Waals surface area contributed by atoms with Crippen LogP contribution in [0.1, 0.15) is 36.4 Å². The van der Waals surface area contributed by atoms with Crippen molar-refractivity contribution in [1.82, 2.24) is 10.4 Å². The molecule has 1 unspecified atom stereocenters. The van der Waals surface area contributed by atoms with Crippen molar-refractivity contribution in [2.24, 2.45) is 5.73 Å². The normalized spacial score (nSPS) is 18.8. The molecule has 1 atom stereocenters. The minimum atomic E-state index is 0.217. The number of aryl methyl sites for hydroxylation is 1. The first-order chi connectivity index (χ1) is 8.70. The van der Waals surface area contributed by atoms with Gasteiger partial charge in [0.25, 0.3) is 0 Å². The highest BCUT2D eigenvalue weighted by molar-refractivity contribution is 9.10. The van der Waals surface area contributed by atoms with Crippen molar-refractivity contribution < 1.29 is 0 Å². The summed E-state index contributed by atoms with van der Waals surface area (Å²) in [5.41, 5.74) is 12.0. The lowest BCUT2D eigenvalue weighted by Gasteiger charge is -2.31. The van der Waals surface area contributed by atoms with Crippen LogP contribution in [-0.4, -0.2) is 24.6 Å². The van der Waals surface area contributed by atoms with Crippen molar-refractivity contribution in [3.8, 4) is 0 Å². The number of hydrazine groups is 1. The van der Waals surface area contributed by atoms with Gasteiger partial charge in [-0.3, -0.25) is 0 Å². The summed E-state index contributed by atoms with van der Waals surface area (Å²) in [7, 11) is 0. The maximum atomic E-state index is 5.91. The Bertz CT molecular complexity index is 389. The SMILES string of the molecule is Cc1cc(C(CN)NN2CCCCC2)ccc1Br. The first-order valence-electron chi connectivity index (χ1n) is 6.68. The summed E-state index contributed by atoms with van der Waals surface area (Å²) >= 11 is 3.54. The van der Waals surface area contributed by atoms with Crippen LogP contribution in [0.15, 0.2) is 22.7 Å². The predicted octanol–water partition coefficient (Wildman–Crippen LogP) is 2.75. The van der Waals surface area contributed by atoms with Gasteiger partial charge >= 0.3 is 0 Å². The second kappa shape index (κ2) is 6.66. The summed E-state index contributed by atoms with van der Waals surface area (Å²) in [5, 5.41) is 2.32. The number of piperidine rings is 1. The van der Waals surface area contributed by atoms with Gasteiger partial charge in [0.1, 0.15) is 0 Å². The van der Waals surface area contributed by atoms with E-state index in [2.05, 4.69) is 51.5 Å². The van der Waals surface area contributed by atoms with Crippen LogP contribution in [0.2, 0.25) is 0 Å². The molecule has 100 valence electrons. The van der Waals surface area contributed by atoms with Crippen LogP contribution in [0.4, 0.5) is 0 Å². The van der Waals surface area contributed by atoms with Crippen molar-refractivity contribution in [3.63, 3.8) is 0 Å². The Hall–Kier alpha value is -0.420. The maximum Gasteiger partial charge on any atom is 0.0587 e. The number of benzene rings is 1. The van der Waals surface area contributed by atoms with Crippen molar-refractivity contribution in [2.45, 2.75) is 32.2 Å². The van der Waals surface area contributed by atoms with E-state index in [1.807, 2.05) is 0 Å². The van der Waals surface area contributed by atoms with Crippen molar-refractivity contribution in [2.75, 3.05) is 19.6 Å². The molecule has 4 heteroatoms. The van der Waals surface area contributed by atoms with Crippen molar-refractivity contribution in [3.05, 3.63) is 33.8 Å². The zero-order chi connectivity index (χ0) is 13.0. The van der Waals surface area contributed by atoms with Gasteiger partial charge < -0.3 is 5.73 Å². The van der Waals surface area contributed by atoms with Crippen molar-refractivity contribution in [1.29, 1.82) is 0 Å². The molecule has 1 aromatic carbocycles. The number of rotatable bonds is 4. The van der Waals surface area contributed by atoms with Gasteiger partial charge in [0.2, 0.25) is 0 Å². The molecular weight excluding hydrogens is 290 g/mol. The van der Waals surface area contributed by atoms with E-state index >= 15 is 0 Å². The number of halogens is 1. The lowest BCUT2D eigenvalue weighted by molar-refractivity contribution is 0.130. The highest BCUT2D eigenvalue weighted by Gasteiger charge is 2.16. The largest absolute Gasteiger partial charge is 0.329 e. The number of nitrogens with one attached hydrogen (secondary N) is 1. The van der Waals surface area contributed by atoms with Gasteiger partial charge in [-0.15, -0.1) is 0 Å². The molecule has 1 aliphatic rings. The molecule has 0 aliphatic carbocycles. The Kier molecular flexibility index (Phi) is 5.18. The molecule has 0 radical (unpaired) electrons. The molecule has 3 N–H and O–H groups in total. The Labute approximate surface area is 118 Å². The smallest absolute Gasteiger partial charge is 0.0587 e. The molecule has 18 heavy (non-hydrogen) atoms. The fourth-order valence-electron chi connectivity index (χ4n) is 2.39. The molecule has 0 saturated carbocycles. The fourth-order valence-corrected chi connectivity index (χ4v) is 2.64. The van der Waals surface area contributed by atoms with Crippen LogP contribution in [0.3, 0.4) is 0 Å². The lowest BCUT2D eigenvalue weighted by Crippen LogP contribution is -2.45. The van der Waals surface area contributed by atoms with E-state index in [-0.39, 0.29) is 6.04 Å². The molecule has 0 bridgehead atoms. The summed E-state index contributed by atoms with van der Waals surface area (Å²) in [6, 6.07) is 6.67. The predicted molar refractivity (Wildman–Crippen MR) is 79.2 cm³/mol. The number of hydrogen-bond donors (Lipinski definition) is 2. The molecular formula is C14H22BrN3. The van der Waals surface area contributed by atoms with Gasteiger partial charge in [-0.2, -0.15) is 0 Å². The molecule has 0 amide bonds. The van der Waals surface area contributed by atoms with Gasteiger partial charge in [0.05, 0.1) is 6.04 Å². The monoisotopic (exact) mass is 311 g/mol. The average molecular weight is 312 g/mol. The van der Waals surface area contributed by atoms with Crippen LogP contribution < -0.4 is 11.2 Å². The average Bonchev–Trinajstić information content (AvgIpc) is 2.40. The summed E-state index contributed by atoms with van der Waals surface area (Å²) in [5.74, 6) is 0. The van der Waals surface area contributed by atoms with Gasteiger partial charge in [-0.1, -0.05) is 34.5 Å². The van der Waals surface area contributed by atoms with Gasteiger partial charge in [0.15, 0.2) is 0 Å². The topological polar surface area (TPSA) is 41.3 Å². The molecule has 3 nitrogen and oxygen atoms in total. The fraction of sp³-hybridized carbons (Fsp3) is 0.571. The minimum absolute atomic E-state index is 0.217. The molecule has 1 heterocycles. The quantitative estimate of drug-likeness (QED) is 0.898. The van der Waals surface area contributed by atoms with Crippen LogP contribution in [0, 0.1) is 6.92 Å². The summed E-state index contributed by atoms with van der Waals surface area (Å²) < 4.78 is 1.15. The van der Waals surface area contributed by atoms with Gasteiger partial charge in [-0.05, 0) is 37.0 Å². The van der Waals surface area contributed by atoms with E-state index in [0.29, 0.717) is 6.54 Å². The Balaban J connectivity index is 2.04. The molecule has 1 aromatic rings. The third-order valence-corrected chi connectivity index (χ3v) is 4.40. The van der Waals surface area contributed by atoms with E-state index < -0.39 is 0 Å². The molecule has 1 aliphatic heterocycles. The third kappa shape index (κ3) is 3.54. The van der Waals surface area contributed by atoms with E-state index in [9.17, 15) is 0 Å². The second-order valence-corrected chi connectivity index (χ2v) is 5.83. The van der Waals surface area contributed by atoms with Crippen LogP contribution >= 0.6 is 15.9 Å². The standard InChI is InChI=1S/C14H22BrN3/c1-11-9-12(5-6-13(11)15)14(10-16)17-18-7-3-2-4-8-18/h5-6,9,14,17H,2-4,7-8,10,16H2,1H3. The number of nitrogens with two attached hydrogens (primary N) is 1. The highest BCUT2D eigenvalue weighted by Crippen LogP contribution is 2.21. The first-order valence-corrected chi connectivity index (χ1v) is 7.47. The third-order valence-electron chi connectivity index (χ3n) is 3.51. The summed E-state index contributed by atoms with van der Waals surface area (Å²) in [4.78, 5) is 0. The first kappa shape index (κ1) is 14.0. The Morgan fingerprint density at radius 3 is 2.67 bits per heavy atom. The summed E-state index contributed by atoms with van der Waals surface area (Å²) in [6.07, 6.45) is 3.91. The molecule has 0 aromatic heterocycles. The van der Waals surface area contributed by atoms with E-state index in [4.69, 9.17) is 5.73 Å². The Morgan fingerprint density at radius 2 is 2.06 bits per heavy atom. The van der Waals surface area contributed by atoms with E-state index in [1.165, 1.54) is 30.4 Å². The molecule has 2 rings (SSSR count). The zero-order valence-electron chi connectivity index (χ0n) is 11.0. The van der Waals surface area contributed by atoms with Crippen LogP contribution in [0.5, 0.6) is 0 Å². The maximum absolute atomic E-state index is 5.91. The number of hydrogen-bond acceptors (Lipinski definition) is 3. The molecule has 0 spiro atoms. The highest BCUT2D eigenvalue weighted by atomic mass is 79.9. The zero-order valence-corrected chi connectivity index (χ0v) is 12.5. The van der Waals surface area contributed by atoms with E-state index in [0.717, 1.165) is 17.6 Å².